The van der Waals surface area contributed by atoms with Gasteiger partial charge in [-0.05, 0) is 0 Å². The summed E-state index contributed by atoms with van der Waals surface area (Å²) in [5.41, 5.74) is 0. The number of rotatable bonds is 2. The third-order valence-electron chi connectivity index (χ3n) is 2.82. The van der Waals surface area contributed by atoms with Crippen molar-refractivity contribution in [2.24, 2.45) is 0 Å². The largest absolute Gasteiger partial charge is 0.394 e. The molecule has 2 saturated heterocycles. The summed E-state index contributed by atoms with van der Waals surface area (Å²) in [5.74, 6) is -0.307. The van der Waals surface area contributed by atoms with Crippen LogP contribution in [-0.4, -0.2) is 58.6 Å². The van der Waals surface area contributed by atoms with Crippen LogP contribution in [0.2, 0.25) is 0 Å². The van der Waals surface area contributed by atoms with E-state index in [2.05, 4.69) is 5.32 Å². The summed E-state index contributed by atoms with van der Waals surface area (Å²) in [7, 11) is 0. The van der Waals surface area contributed by atoms with Crippen LogP contribution < -0.4 is 5.32 Å². The highest BCUT2D eigenvalue weighted by molar-refractivity contribution is 5.96. The predicted molar refractivity (Wildman–Crippen MR) is 51.2 cm³/mol. The summed E-state index contributed by atoms with van der Waals surface area (Å²) < 4.78 is 5.32. The molecule has 0 radical (unpaired) electrons. The van der Waals surface area contributed by atoms with E-state index in [0.29, 0.717) is 0 Å². The highest BCUT2D eigenvalue weighted by Crippen LogP contribution is 2.24. The van der Waals surface area contributed by atoms with E-state index in [9.17, 15) is 14.7 Å². The van der Waals surface area contributed by atoms with Gasteiger partial charge in [0.15, 0.2) is 0 Å². The zero-order valence-electron chi connectivity index (χ0n) is 8.63. The fraction of sp³-hybridized carbons (Fsp3) is 0.778. The second-order valence-electron chi connectivity index (χ2n) is 3.91. The normalized spacial score (nSPS) is 35.4. The number of hydrogen-bond donors (Lipinski definition) is 3. The van der Waals surface area contributed by atoms with Crippen LogP contribution in [0.15, 0.2) is 0 Å². The molecule has 7 heteroatoms. The third-order valence-corrected chi connectivity index (χ3v) is 2.82. The molecule has 2 rings (SSSR count). The summed E-state index contributed by atoms with van der Waals surface area (Å²) in [4.78, 5) is 23.8. The summed E-state index contributed by atoms with van der Waals surface area (Å²) in [6.07, 6.45) is -1.52. The first-order valence-corrected chi connectivity index (χ1v) is 5.16. The molecular weight excluding hydrogens is 216 g/mol. The van der Waals surface area contributed by atoms with Gasteiger partial charge >= 0.3 is 6.03 Å². The van der Waals surface area contributed by atoms with Crippen LogP contribution in [-0.2, 0) is 9.53 Å². The van der Waals surface area contributed by atoms with Gasteiger partial charge in [0.1, 0.15) is 12.3 Å². The smallest absolute Gasteiger partial charge is 0.326 e. The van der Waals surface area contributed by atoms with Crippen LogP contribution >= 0.6 is 0 Å². The lowest BCUT2D eigenvalue weighted by Gasteiger charge is -2.31. The minimum atomic E-state index is -0.777. The average Bonchev–Trinajstić information content (AvgIpc) is 2.59. The number of nitrogens with zero attached hydrogens (tertiary/aromatic N) is 1. The van der Waals surface area contributed by atoms with E-state index in [4.69, 9.17) is 9.84 Å². The van der Waals surface area contributed by atoms with Crippen LogP contribution in [0.1, 0.15) is 12.8 Å². The van der Waals surface area contributed by atoms with Crippen molar-refractivity contribution in [2.45, 2.75) is 31.3 Å². The number of carbonyl (C=O) groups excluding carboxylic acids is 2. The summed E-state index contributed by atoms with van der Waals surface area (Å²) in [6.45, 7) is -0.00768. The average molecular weight is 230 g/mol. The van der Waals surface area contributed by atoms with Crippen molar-refractivity contribution in [3.8, 4) is 0 Å². The van der Waals surface area contributed by atoms with Crippen molar-refractivity contribution in [1.82, 2.24) is 10.2 Å². The maximum absolute atomic E-state index is 11.5. The number of aliphatic hydroxyl groups is 2. The summed E-state index contributed by atoms with van der Waals surface area (Å²) >= 11 is 0. The van der Waals surface area contributed by atoms with Crippen molar-refractivity contribution in [3.63, 3.8) is 0 Å². The maximum Gasteiger partial charge on any atom is 0.326 e. The molecule has 2 heterocycles. The lowest BCUT2D eigenvalue weighted by atomic mass is 10.2. The molecule has 90 valence electrons. The third kappa shape index (κ3) is 2.01. The molecule has 2 aliphatic heterocycles. The first-order valence-electron chi connectivity index (χ1n) is 5.16. The van der Waals surface area contributed by atoms with Crippen LogP contribution in [0, 0.1) is 0 Å². The van der Waals surface area contributed by atoms with Crippen molar-refractivity contribution in [2.75, 3.05) is 13.2 Å². The molecule has 3 N–H and O–H groups in total. The van der Waals surface area contributed by atoms with Crippen LogP contribution in [0.5, 0.6) is 0 Å². The fourth-order valence-electron chi connectivity index (χ4n) is 1.92. The Hall–Kier alpha value is -1.18. The van der Waals surface area contributed by atoms with Gasteiger partial charge in [0.05, 0.1) is 12.7 Å². The molecule has 7 nitrogen and oxygen atoms in total. The number of carbonyl (C=O) groups is 2. The number of urea groups is 1. The number of aliphatic hydroxyl groups excluding tert-OH is 2. The Morgan fingerprint density at radius 3 is 2.81 bits per heavy atom. The molecule has 0 aromatic heterocycles. The Morgan fingerprint density at radius 1 is 1.50 bits per heavy atom. The molecule has 2 fully saturated rings. The number of imide groups is 1. The van der Waals surface area contributed by atoms with Gasteiger partial charge < -0.3 is 14.9 Å². The molecule has 0 saturated carbocycles. The molecule has 0 aromatic carbocycles. The van der Waals surface area contributed by atoms with E-state index in [1.165, 1.54) is 4.90 Å². The number of hydrogen-bond acceptors (Lipinski definition) is 5. The summed E-state index contributed by atoms with van der Waals surface area (Å²) in [6, 6.07) is -0.507. The molecule has 3 amide bonds. The highest BCUT2D eigenvalue weighted by atomic mass is 16.5. The van der Waals surface area contributed by atoms with Crippen LogP contribution in [0.25, 0.3) is 0 Å². The number of ether oxygens (including phenoxy) is 1. The molecule has 3 atom stereocenters. The lowest BCUT2D eigenvalue weighted by molar-refractivity contribution is -0.123. The van der Waals surface area contributed by atoms with E-state index < -0.39 is 24.5 Å². The molecule has 0 spiro atoms. The van der Waals surface area contributed by atoms with Gasteiger partial charge in [-0.3, -0.25) is 15.0 Å². The second-order valence-corrected chi connectivity index (χ2v) is 3.91. The topological polar surface area (TPSA) is 99.1 Å². The number of amides is 3. The first kappa shape index (κ1) is 11.3. The van der Waals surface area contributed by atoms with Gasteiger partial charge in [0.2, 0.25) is 5.91 Å². The Labute approximate surface area is 92.0 Å². The maximum atomic E-state index is 11.5. The van der Waals surface area contributed by atoms with Crippen LogP contribution in [0.4, 0.5) is 4.79 Å². The molecule has 2 aliphatic rings. The minimum absolute atomic E-state index is 0.228. The predicted octanol–water partition coefficient (Wildman–Crippen LogP) is -1.60. The molecule has 0 aliphatic carbocycles. The van der Waals surface area contributed by atoms with Crippen molar-refractivity contribution in [3.05, 3.63) is 0 Å². The standard InChI is InChI=1S/C9H14N2O5/c12-4-6-5(13)3-8(16-6)11-2-1-7(14)10-9(11)15/h5-6,8,12-13H,1-4H2,(H,10,14,15)/t5-,6?,8-/m1/s1. The Balaban J connectivity index is 1.98. The molecule has 0 bridgehead atoms. The van der Waals surface area contributed by atoms with E-state index in [1.54, 1.807) is 0 Å². The van der Waals surface area contributed by atoms with E-state index in [-0.39, 0.29) is 31.9 Å². The van der Waals surface area contributed by atoms with Crippen molar-refractivity contribution < 1.29 is 24.5 Å². The number of nitrogens with one attached hydrogen (secondary N) is 1. The zero-order valence-corrected chi connectivity index (χ0v) is 8.63. The van der Waals surface area contributed by atoms with Gasteiger partial charge in [0, 0.05) is 19.4 Å². The van der Waals surface area contributed by atoms with Gasteiger partial charge in [-0.15, -0.1) is 0 Å². The van der Waals surface area contributed by atoms with E-state index >= 15 is 0 Å². The van der Waals surface area contributed by atoms with Gasteiger partial charge in [-0.2, -0.15) is 0 Å². The SMILES string of the molecule is O=C1CCN([C@H]2C[C@@H](O)C(CO)O2)C(=O)N1. The highest BCUT2D eigenvalue weighted by Gasteiger charge is 2.40. The van der Waals surface area contributed by atoms with E-state index in [0.717, 1.165) is 0 Å². The lowest BCUT2D eigenvalue weighted by Crippen LogP contribution is -2.53. The molecule has 1 unspecified atom stereocenters. The Kier molecular flexibility index (Phi) is 3.08. The van der Waals surface area contributed by atoms with Gasteiger partial charge in [0.25, 0.3) is 0 Å². The fourth-order valence-corrected chi connectivity index (χ4v) is 1.92. The molecule has 0 aromatic rings. The van der Waals surface area contributed by atoms with E-state index in [1.807, 2.05) is 0 Å². The Morgan fingerprint density at radius 2 is 2.25 bits per heavy atom. The quantitative estimate of drug-likeness (QED) is 0.530. The first-order chi connectivity index (χ1) is 7.61. The van der Waals surface area contributed by atoms with Crippen LogP contribution in [0.3, 0.4) is 0 Å². The zero-order chi connectivity index (χ0) is 11.7. The molecular formula is C9H14N2O5. The van der Waals surface area contributed by atoms with Crippen molar-refractivity contribution in [1.29, 1.82) is 0 Å². The monoisotopic (exact) mass is 230 g/mol. The molecule has 16 heavy (non-hydrogen) atoms. The second kappa shape index (κ2) is 4.36. The minimum Gasteiger partial charge on any atom is -0.394 e. The summed E-state index contributed by atoms with van der Waals surface area (Å²) in [5, 5.41) is 20.6. The van der Waals surface area contributed by atoms with Gasteiger partial charge in [-0.25, -0.2) is 4.79 Å². The van der Waals surface area contributed by atoms with Gasteiger partial charge in [-0.1, -0.05) is 0 Å². The Bertz CT molecular complexity index is 308. The van der Waals surface area contributed by atoms with Crippen molar-refractivity contribution >= 4 is 11.9 Å².